The fraction of sp³-hybridized carbons (Fsp3) is 0.143. The molecule has 0 saturated heterocycles. The van der Waals surface area contributed by atoms with Crippen LogP contribution in [0.2, 0.25) is 0 Å². The maximum atomic E-state index is 13.4. The highest BCUT2D eigenvalue weighted by Gasteiger charge is 2.08. The van der Waals surface area contributed by atoms with Gasteiger partial charge in [0.1, 0.15) is 18.2 Å². The third-order valence-electron chi connectivity index (χ3n) is 2.59. The zero-order valence-corrected chi connectivity index (χ0v) is 10.00. The Morgan fingerprint density at radius 2 is 1.84 bits per heavy atom. The first-order chi connectivity index (χ1) is 9.10. The van der Waals surface area contributed by atoms with Crippen LogP contribution < -0.4 is 10.5 Å². The van der Waals surface area contributed by atoms with Crippen molar-refractivity contribution >= 4 is 0 Å². The highest BCUT2D eigenvalue weighted by atomic mass is 19.2. The van der Waals surface area contributed by atoms with Crippen LogP contribution in [0.15, 0.2) is 36.4 Å². The van der Waals surface area contributed by atoms with E-state index in [1.807, 2.05) is 0 Å². The summed E-state index contributed by atoms with van der Waals surface area (Å²) in [5, 5.41) is 0. The van der Waals surface area contributed by atoms with E-state index in [1.165, 1.54) is 18.2 Å². The summed E-state index contributed by atoms with van der Waals surface area (Å²) in [5.41, 5.74) is 6.04. The second-order valence-electron chi connectivity index (χ2n) is 4.00. The molecule has 0 aliphatic carbocycles. The molecule has 0 aliphatic heterocycles. The molecule has 2 aromatic carbocycles. The van der Waals surface area contributed by atoms with Gasteiger partial charge in [0.15, 0.2) is 11.6 Å². The largest absolute Gasteiger partial charge is 0.489 e. The van der Waals surface area contributed by atoms with Gasteiger partial charge in [0.2, 0.25) is 0 Å². The number of hydrogen-bond acceptors (Lipinski definition) is 2. The summed E-state index contributed by atoms with van der Waals surface area (Å²) in [7, 11) is 0. The highest BCUT2D eigenvalue weighted by molar-refractivity contribution is 5.30. The Balaban J connectivity index is 2.14. The van der Waals surface area contributed by atoms with E-state index >= 15 is 0 Å². The molecule has 0 atom stereocenters. The van der Waals surface area contributed by atoms with E-state index in [-0.39, 0.29) is 24.5 Å². The average molecular weight is 267 g/mol. The van der Waals surface area contributed by atoms with Gasteiger partial charge in [-0.2, -0.15) is 0 Å². The van der Waals surface area contributed by atoms with E-state index in [9.17, 15) is 13.2 Å². The maximum Gasteiger partial charge on any atom is 0.165 e. The summed E-state index contributed by atoms with van der Waals surface area (Å²) < 4.78 is 44.8. The van der Waals surface area contributed by atoms with Crippen molar-refractivity contribution in [2.75, 3.05) is 0 Å². The Labute approximate surface area is 108 Å². The zero-order chi connectivity index (χ0) is 13.8. The molecular formula is C14H12F3NO. The molecule has 5 heteroatoms. The van der Waals surface area contributed by atoms with Gasteiger partial charge in [0.25, 0.3) is 0 Å². The van der Waals surface area contributed by atoms with E-state index in [0.29, 0.717) is 5.56 Å². The van der Waals surface area contributed by atoms with Crippen molar-refractivity contribution in [3.05, 3.63) is 65.0 Å². The quantitative estimate of drug-likeness (QED) is 0.923. The van der Waals surface area contributed by atoms with Crippen LogP contribution in [0.1, 0.15) is 11.1 Å². The summed E-state index contributed by atoms with van der Waals surface area (Å²) in [6, 6.07) is 7.81. The Kier molecular flexibility index (Phi) is 4.06. The summed E-state index contributed by atoms with van der Waals surface area (Å²) in [4.78, 5) is 0. The monoisotopic (exact) mass is 267 g/mol. The van der Waals surface area contributed by atoms with Crippen LogP contribution >= 0.6 is 0 Å². The molecule has 0 radical (unpaired) electrons. The zero-order valence-electron chi connectivity index (χ0n) is 10.00. The highest BCUT2D eigenvalue weighted by Crippen LogP contribution is 2.19. The van der Waals surface area contributed by atoms with Crippen LogP contribution in [0.25, 0.3) is 0 Å². The molecule has 100 valence electrons. The van der Waals surface area contributed by atoms with Crippen molar-refractivity contribution in [1.29, 1.82) is 0 Å². The number of halogens is 3. The van der Waals surface area contributed by atoms with Crippen LogP contribution in [0.4, 0.5) is 13.2 Å². The molecule has 0 heterocycles. The molecule has 0 fully saturated rings. The molecular weight excluding hydrogens is 255 g/mol. The maximum absolute atomic E-state index is 13.4. The number of ether oxygens (including phenoxy) is 1. The van der Waals surface area contributed by atoms with Gasteiger partial charge in [-0.25, -0.2) is 13.2 Å². The molecule has 0 aliphatic rings. The molecule has 0 aromatic heterocycles. The second-order valence-corrected chi connectivity index (χ2v) is 4.00. The summed E-state index contributed by atoms with van der Waals surface area (Å²) in [6.45, 7) is -0.0144. The van der Waals surface area contributed by atoms with Gasteiger partial charge in [-0.15, -0.1) is 0 Å². The van der Waals surface area contributed by atoms with E-state index in [2.05, 4.69) is 0 Å². The third kappa shape index (κ3) is 3.26. The fourth-order valence-electron chi connectivity index (χ4n) is 1.64. The molecule has 2 aromatic rings. The van der Waals surface area contributed by atoms with Gasteiger partial charge >= 0.3 is 0 Å². The van der Waals surface area contributed by atoms with E-state index in [0.717, 1.165) is 12.1 Å². The lowest BCUT2D eigenvalue weighted by Gasteiger charge is -2.09. The number of benzene rings is 2. The summed E-state index contributed by atoms with van der Waals surface area (Å²) in [6.07, 6.45) is 0. The Morgan fingerprint density at radius 3 is 2.58 bits per heavy atom. The second kappa shape index (κ2) is 5.75. The van der Waals surface area contributed by atoms with Crippen molar-refractivity contribution in [1.82, 2.24) is 0 Å². The van der Waals surface area contributed by atoms with Gasteiger partial charge in [-0.3, -0.25) is 0 Å². The van der Waals surface area contributed by atoms with Gasteiger partial charge in [-0.1, -0.05) is 12.1 Å². The first kappa shape index (κ1) is 13.4. The Hall–Kier alpha value is -2.01. The van der Waals surface area contributed by atoms with Crippen molar-refractivity contribution in [2.24, 2.45) is 5.73 Å². The molecule has 2 N–H and O–H groups in total. The van der Waals surface area contributed by atoms with Crippen LogP contribution in [0, 0.1) is 17.5 Å². The minimum atomic E-state index is -0.960. The summed E-state index contributed by atoms with van der Waals surface area (Å²) >= 11 is 0. The molecule has 0 bridgehead atoms. The normalized spacial score (nSPS) is 10.5. The first-order valence-electron chi connectivity index (χ1n) is 5.65. The predicted octanol–water partition coefficient (Wildman–Crippen LogP) is 3.14. The molecule has 2 rings (SSSR count). The fourth-order valence-corrected chi connectivity index (χ4v) is 1.64. The lowest BCUT2D eigenvalue weighted by atomic mass is 10.2. The first-order valence-corrected chi connectivity index (χ1v) is 5.65. The molecule has 19 heavy (non-hydrogen) atoms. The third-order valence-corrected chi connectivity index (χ3v) is 2.59. The molecule has 0 saturated carbocycles. The van der Waals surface area contributed by atoms with Gasteiger partial charge in [-0.05, 0) is 23.8 Å². The van der Waals surface area contributed by atoms with Gasteiger partial charge in [0, 0.05) is 18.2 Å². The van der Waals surface area contributed by atoms with Crippen LogP contribution in [-0.2, 0) is 13.2 Å². The van der Waals surface area contributed by atoms with Gasteiger partial charge in [0.05, 0.1) is 0 Å². The Bertz CT molecular complexity index is 587. The molecule has 2 nitrogen and oxygen atoms in total. The minimum absolute atomic E-state index is 0.0681. The lowest BCUT2D eigenvalue weighted by Crippen LogP contribution is -2.02. The van der Waals surface area contributed by atoms with Crippen LogP contribution in [-0.4, -0.2) is 0 Å². The smallest absolute Gasteiger partial charge is 0.165 e. The van der Waals surface area contributed by atoms with Gasteiger partial charge < -0.3 is 10.5 Å². The Morgan fingerprint density at radius 1 is 1.05 bits per heavy atom. The van der Waals surface area contributed by atoms with E-state index < -0.39 is 17.5 Å². The van der Waals surface area contributed by atoms with Crippen molar-refractivity contribution < 1.29 is 17.9 Å². The minimum Gasteiger partial charge on any atom is -0.489 e. The number of hydrogen-bond donors (Lipinski definition) is 1. The predicted molar refractivity (Wildman–Crippen MR) is 65.0 cm³/mol. The van der Waals surface area contributed by atoms with Crippen molar-refractivity contribution in [3.63, 3.8) is 0 Å². The topological polar surface area (TPSA) is 35.2 Å². The van der Waals surface area contributed by atoms with E-state index in [1.54, 1.807) is 6.07 Å². The lowest BCUT2D eigenvalue weighted by molar-refractivity contribution is 0.295. The number of nitrogens with two attached hydrogens (primary N) is 1. The molecule has 0 spiro atoms. The SMILES string of the molecule is NCc1cc(F)cc(OCc2cccc(F)c2F)c1. The van der Waals surface area contributed by atoms with Crippen LogP contribution in [0.5, 0.6) is 5.75 Å². The standard InChI is InChI=1S/C14H12F3NO/c15-11-4-9(7-18)5-12(6-11)19-8-10-2-1-3-13(16)14(10)17/h1-6H,7-8,18H2. The van der Waals surface area contributed by atoms with Crippen molar-refractivity contribution in [3.8, 4) is 5.75 Å². The average Bonchev–Trinajstić information content (AvgIpc) is 2.40. The van der Waals surface area contributed by atoms with E-state index in [4.69, 9.17) is 10.5 Å². The number of rotatable bonds is 4. The molecule has 0 amide bonds. The van der Waals surface area contributed by atoms with Crippen LogP contribution in [0.3, 0.4) is 0 Å². The van der Waals surface area contributed by atoms with Crippen molar-refractivity contribution in [2.45, 2.75) is 13.2 Å². The summed E-state index contributed by atoms with van der Waals surface area (Å²) in [5.74, 6) is -2.16. The molecule has 0 unspecified atom stereocenters.